The van der Waals surface area contributed by atoms with E-state index in [1.165, 1.54) is 4.68 Å². The van der Waals surface area contributed by atoms with Gasteiger partial charge < -0.3 is 5.32 Å². The summed E-state index contributed by atoms with van der Waals surface area (Å²) >= 11 is 0. The van der Waals surface area contributed by atoms with E-state index in [9.17, 15) is 22.8 Å². The number of aryl methyl sites for hydroxylation is 1. The van der Waals surface area contributed by atoms with Crippen LogP contribution in [0.2, 0.25) is 0 Å². The van der Waals surface area contributed by atoms with Crippen LogP contribution in [0.25, 0.3) is 0 Å². The summed E-state index contributed by atoms with van der Waals surface area (Å²) in [5.74, 6) is -4.23. The summed E-state index contributed by atoms with van der Waals surface area (Å²) in [5.41, 5.74) is 1.14. The zero-order chi connectivity index (χ0) is 19.6. The number of carbonyl (C=O) groups is 1. The van der Waals surface area contributed by atoms with Crippen LogP contribution in [0.3, 0.4) is 0 Å². The Hall–Kier alpha value is -3.49. The van der Waals surface area contributed by atoms with Crippen LogP contribution in [-0.4, -0.2) is 21.1 Å². The molecule has 1 aromatic heterocycles. The van der Waals surface area contributed by atoms with Gasteiger partial charge in [0.2, 0.25) is 5.95 Å². The minimum atomic E-state index is -1.57. The van der Waals surface area contributed by atoms with Gasteiger partial charge in [-0.15, -0.1) is 0 Å². The van der Waals surface area contributed by atoms with Gasteiger partial charge in [0, 0.05) is 11.3 Å². The van der Waals surface area contributed by atoms with Crippen LogP contribution in [0.5, 0.6) is 0 Å². The van der Waals surface area contributed by atoms with Gasteiger partial charge in [-0.05, 0) is 36.2 Å². The highest BCUT2D eigenvalue weighted by molar-refractivity contribution is 5.78. The summed E-state index contributed by atoms with van der Waals surface area (Å²) in [5, 5.41) is 6.78. The Morgan fingerprint density at radius 2 is 1.85 bits per heavy atom. The topological polar surface area (TPSA) is 76.9 Å². The number of benzene rings is 2. The number of anilines is 2. The second-order valence-corrected chi connectivity index (χ2v) is 5.77. The average Bonchev–Trinajstić information content (AvgIpc) is 2.63. The van der Waals surface area contributed by atoms with Gasteiger partial charge in [-0.2, -0.15) is 10.1 Å². The number of rotatable bonds is 5. The average molecular weight is 374 g/mol. The number of halogens is 3. The summed E-state index contributed by atoms with van der Waals surface area (Å²) < 4.78 is 41.2. The van der Waals surface area contributed by atoms with E-state index in [4.69, 9.17) is 0 Å². The van der Waals surface area contributed by atoms with Crippen molar-refractivity contribution in [2.75, 3.05) is 5.32 Å². The first-order valence-electron chi connectivity index (χ1n) is 7.78. The highest BCUT2D eigenvalue weighted by atomic mass is 19.2. The first-order valence-corrected chi connectivity index (χ1v) is 7.78. The quantitative estimate of drug-likeness (QED) is 0.549. The van der Waals surface area contributed by atoms with Gasteiger partial charge in [-0.3, -0.25) is 9.59 Å². The van der Waals surface area contributed by atoms with Crippen LogP contribution in [0.1, 0.15) is 21.5 Å². The van der Waals surface area contributed by atoms with E-state index in [0.717, 1.165) is 23.9 Å². The number of nitrogens with zero attached hydrogens (tertiary/aromatic N) is 3. The second-order valence-electron chi connectivity index (χ2n) is 5.77. The first kappa shape index (κ1) is 18.3. The molecule has 27 heavy (non-hydrogen) atoms. The molecule has 2 aromatic carbocycles. The summed E-state index contributed by atoms with van der Waals surface area (Å²) in [6.07, 6.45) is 1.61. The first-order chi connectivity index (χ1) is 12.9. The molecule has 0 spiro atoms. The molecule has 0 atom stereocenters. The van der Waals surface area contributed by atoms with Crippen molar-refractivity contribution < 1.29 is 18.0 Å². The van der Waals surface area contributed by atoms with Crippen molar-refractivity contribution in [2.24, 2.45) is 0 Å². The van der Waals surface area contributed by atoms with Gasteiger partial charge in [-0.1, -0.05) is 12.1 Å². The highest BCUT2D eigenvalue weighted by Gasteiger charge is 2.13. The smallest absolute Gasteiger partial charge is 0.293 e. The fourth-order valence-corrected chi connectivity index (χ4v) is 2.41. The molecule has 3 aromatic rings. The van der Waals surface area contributed by atoms with Crippen molar-refractivity contribution in [3.8, 4) is 0 Å². The lowest BCUT2D eigenvalue weighted by atomic mass is 10.1. The molecule has 0 aliphatic carbocycles. The molecule has 3 rings (SSSR count). The maximum Gasteiger partial charge on any atom is 0.293 e. The highest BCUT2D eigenvalue weighted by Crippen LogP contribution is 2.21. The lowest BCUT2D eigenvalue weighted by molar-refractivity contribution is 0.112. The van der Waals surface area contributed by atoms with E-state index in [-0.39, 0.29) is 18.1 Å². The number of aldehydes is 1. The fraction of sp³-hybridized carbons (Fsp3) is 0.111. The van der Waals surface area contributed by atoms with E-state index >= 15 is 0 Å². The molecular weight excluding hydrogens is 361 g/mol. The van der Waals surface area contributed by atoms with Gasteiger partial charge in [0.1, 0.15) is 12.5 Å². The molecule has 1 N–H and O–H groups in total. The number of aromatic nitrogens is 3. The van der Waals surface area contributed by atoms with Crippen molar-refractivity contribution in [3.05, 3.63) is 81.0 Å². The second kappa shape index (κ2) is 7.40. The Morgan fingerprint density at radius 3 is 2.52 bits per heavy atom. The molecule has 0 aliphatic heterocycles. The molecular formula is C18H13F3N4O2. The predicted octanol–water partition coefficient (Wildman–Crippen LogP) is 2.97. The van der Waals surface area contributed by atoms with Crippen molar-refractivity contribution >= 4 is 17.9 Å². The van der Waals surface area contributed by atoms with Gasteiger partial charge in [-0.25, -0.2) is 17.9 Å². The van der Waals surface area contributed by atoms with E-state index < -0.39 is 23.0 Å². The van der Waals surface area contributed by atoms with Gasteiger partial charge in [0.05, 0.1) is 6.54 Å². The summed E-state index contributed by atoms with van der Waals surface area (Å²) in [6.45, 7) is 1.61. The van der Waals surface area contributed by atoms with E-state index in [1.807, 2.05) is 0 Å². The fourth-order valence-electron chi connectivity index (χ4n) is 2.41. The SMILES string of the molecule is Cc1ccc(C=O)cc1Nc1nc(=O)cnn1Cc1cc(F)c(F)c(F)c1. The molecule has 0 saturated heterocycles. The zero-order valence-corrected chi connectivity index (χ0v) is 14.0. The lowest BCUT2D eigenvalue weighted by Gasteiger charge is -2.14. The molecule has 1 heterocycles. The molecule has 0 bridgehead atoms. The molecule has 0 aliphatic rings. The summed E-state index contributed by atoms with van der Waals surface area (Å²) in [6, 6.07) is 6.56. The largest absolute Gasteiger partial charge is 0.324 e. The van der Waals surface area contributed by atoms with Crippen LogP contribution >= 0.6 is 0 Å². The Bertz CT molecular complexity index is 1060. The van der Waals surface area contributed by atoms with Crippen molar-refractivity contribution in [1.29, 1.82) is 0 Å². The Kier molecular flexibility index (Phi) is 5.02. The summed E-state index contributed by atoms with van der Waals surface area (Å²) in [4.78, 5) is 26.4. The normalized spacial score (nSPS) is 10.7. The third-order valence-electron chi connectivity index (χ3n) is 3.79. The number of carbonyl (C=O) groups excluding carboxylic acids is 1. The van der Waals surface area contributed by atoms with Crippen molar-refractivity contribution in [3.63, 3.8) is 0 Å². The Labute approximate surface area is 151 Å². The van der Waals surface area contributed by atoms with E-state index in [2.05, 4.69) is 15.4 Å². The number of hydrogen-bond donors (Lipinski definition) is 1. The zero-order valence-electron chi connectivity index (χ0n) is 14.0. The molecule has 0 fully saturated rings. The molecule has 0 radical (unpaired) electrons. The molecule has 0 saturated carbocycles. The molecule has 6 nitrogen and oxygen atoms in total. The van der Waals surface area contributed by atoms with E-state index in [1.54, 1.807) is 25.1 Å². The van der Waals surface area contributed by atoms with Crippen molar-refractivity contribution in [1.82, 2.24) is 14.8 Å². The Balaban J connectivity index is 1.99. The van der Waals surface area contributed by atoms with Gasteiger partial charge in [0.25, 0.3) is 5.56 Å². The van der Waals surface area contributed by atoms with Crippen LogP contribution in [0.15, 0.2) is 41.3 Å². The van der Waals surface area contributed by atoms with Gasteiger partial charge in [0.15, 0.2) is 17.5 Å². The lowest BCUT2D eigenvalue weighted by Crippen LogP contribution is -2.19. The maximum atomic E-state index is 13.4. The van der Waals surface area contributed by atoms with Crippen LogP contribution in [-0.2, 0) is 6.54 Å². The Morgan fingerprint density at radius 1 is 1.15 bits per heavy atom. The summed E-state index contributed by atoms with van der Waals surface area (Å²) in [7, 11) is 0. The molecule has 0 unspecified atom stereocenters. The number of hydrogen-bond acceptors (Lipinski definition) is 5. The van der Waals surface area contributed by atoms with Crippen molar-refractivity contribution in [2.45, 2.75) is 13.5 Å². The third kappa shape index (κ3) is 4.02. The maximum absolute atomic E-state index is 13.4. The number of nitrogens with one attached hydrogen (secondary N) is 1. The minimum Gasteiger partial charge on any atom is -0.324 e. The van der Waals surface area contributed by atoms with Gasteiger partial charge >= 0.3 is 0 Å². The monoisotopic (exact) mass is 374 g/mol. The minimum absolute atomic E-state index is 0.00112. The molecule has 9 heteroatoms. The third-order valence-corrected chi connectivity index (χ3v) is 3.79. The predicted molar refractivity (Wildman–Crippen MR) is 91.6 cm³/mol. The van der Waals surface area contributed by atoms with Crippen LogP contribution in [0.4, 0.5) is 24.8 Å². The van der Waals surface area contributed by atoms with Crippen LogP contribution < -0.4 is 10.9 Å². The molecule has 138 valence electrons. The van der Waals surface area contributed by atoms with E-state index in [0.29, 0.717) is 17.5 Å². The molecule has 0 amide bonds. The standard InChI is InChI=1S/C18H13F3N4O2/c1-10-2-3-11(9-26)6-15(10)23-18-24-16(27)7-22-25(18)8-12-4-13(19)17(21)14(20)5-12/h2-7,9H,8H2,1H3,(H,23,24,27). The van der Waals surface area contributed by atoms with Crippen LogP contribution in [0, 0.1) is 24.4 Å².